The highest BCUT2D eigenvalue weighted by Gasteiger charge is 2.10. The van der Waals surface area contributed by atoms with Crippen molar-refractivity contribution in [3.63, 3.8) is 0 Å². The van der Waals surface area contributed by atoms with Crippen LogP contribution in [0.2, 0.25) is 10.0 Å². The number of anilines is 1. The van der Waals surface area contributed by atoms with Gasteiger partial charge in [-0.05, 0) is 18.2 Å². The summed E-state index contributed by atoms with van der Waals surface area (Å²) in [4.78, 5) is 8.81. The molecule has 2 N–H and O–H groups in total. The van der Waals surface area contributed by atoms with Crippen molar-refractivity contribution in [3.05, 3.63) is 64.6 Å². The Morgan fingerprint density at radius 2 is 1.62 bits per heavy atom. The van der Waals surface area contributed by atoms with Crippen molar-refractivity contribution in [2.75, 3.05) is 5.73 Å². The Balaban J connectivity index is 2.16. The third kappa shape index (κ3) is 2.99. The van der Waals surface area contributed by atoms with Crippen LogP contribution in [0.25, 0.3) is 22.6 Å². The Morgan fingerprint density at radius 3 is 2.38 bits per heavy atom. The Morgan fingerprint density at radius 1 is 0.857 bits per heavy atom. The largest absolute Gasteiger partial charge is 0.384 e. The molecule has 0 aliphatic heterocycles. The van der Waals surface area contributed by atoms with E-state index in [1.165, 1.54) is 0 Å². The van der Waals surface area contributed by atoms with Crippen LogP contribution in [-0.2, 0) is 0 Å². The molecule has 3 rings (SSSR count). The number of halogens is 2. The third-order valence-electron chi connectivity index (χ3n) is 2.98. The van der Waals surface area contributed by atoms with E-state index in [-0.39, 0.29) is 0 Å². The molecule has 3 aromatic rings. The van der Waals surface area contributed by atoms with Crippen LogP contribution in [0.3, 0.4) is 0 Å². The van der Waals surface area contributed by atoms with Crippen LogP contribution in [0, 0.1) is 0 Å². The summed E-state index contributed by atoms with van der Waals surface area (Å²) in [6.07, 6.45) is 0. The minimum absolute atomic E-state index is 0.384. The van der Waals surface area contributed by atoms with Crippen LogP contribution in [0.1, 0.15) is 0 Å². The van der Waals surface area contributed by atoms with Gasteiger partial charge in [-0.1, -0.05) is 53.5 Å². The lowest BCUT2D eigenvalue weighted by atomic mass is 10.1. The van der Waals surface area contributed by atoms with Gasteiger partial charge >= 0.3 is 0 Å². The molecule has 0 saturated heterocycles. The van der Waals surface area contributed by atoms with Crippen LogP contribution in [0.5, 0.6) is 0 Å². The lowest BCUT2D eigenvalue weighted by Crippen LogP contribution is -1.98. The summed E-state index contributed by atoms with van der Waals surface area (Å²) in [7, 11) is 0. The van der Waals surface area contributed by atoms with Gasteiger partial charge in [-0.15, -0.1) is 0 Å². The zero-order valence-corrected chi connectivity index (χ0v) is 12.4. The number of rotatable bonds is 2. The molecule has 2 aromatic carbocycles. The topological polar surface area (TPSA) is 51.8 Å². The van der Waals surface area contributed by atoms with E-state index in [1.807, 2.05) is 30.3 Å². The number of nitrogens with two attached hydrogens (primary N) is 1. The molecule has 0 saturated carbocycles. The second kappa shape index (κ2) is 5.72. The van der Waals surface area contributed by atoms with Gasteiger partial charge in [0.05, 0.1) is 10.7 Å². The first kappa shape index (κ1) is 13.9. The lowest BCUT2D eigenvalue weighted by Gasteiger charge is -2.08. The summed E-state index contributed by atoms with van der Waals surface area (Å²) in [6, 6.07) is 16.6. The summed E-state index contributed by atoms with van der Waals surface area (Å²) in [5.74, 6) is 0.941. The first-order chi connectivity index (χ1) is 10.1. The molecule has 0 amide bonds. The van der Waals surface area contributed by atoms with Crippen molar-refractivity contribution in [1.29, 1.82) is 0 Å². The monoisotopic (exact) mass is 315 g/mol. The molecule has 5 heteroatoms. The fourth-order valence-electron chi connectivity index (χ4n) is 2.01. The van der Waals surface area contributed by atoms with E-state index in [0.717, 1.165) is 11.1 Å². The van der Waals surface area contributed by atoms with Crippen molar-refractivity contribution in [2.24, 2.45) is 0 Å². The van der Waals surface area contributed by atoms with Gasteiger partial charge in [-0.25, -0.2) is 9.97 Å². The summed E-state index contributed by atoms with van der Waals surface area (Å²) in [6.45, 7) is 0. The number of benzene rings is 2. The molecule has 0 radical (unpaired) electrons. The van der Waals surface area contributed by atoms with E-state index in [0.29, 0.717) is 27.4 Å². The molecule has 0 aliphatic rings. The molecule has 21 heavy (non-hydrogen) atoms. The van der Waals surface area contributed by atoms with E-state index in [4.69, 9.17) is 28.9 Å². The third-order valence-corrected chi connectivity index (χ3v) is 3.55. The molecule has 0 fully saturated rings. The Labute approximate surface area is 132 Å². The van der Waals surface area contributed by atoms with Crippen molar-refractivity contribution in [3.8, 4) is 22.6 Å². The SMILES string of the molecule is Nc1cc(-c2cc(Cl)ccc2Cl)nc(-c2ccccc2)n1. The number of aromatic nitrogens is 2. The number of hydrogen-bond acceptors (Lipinski definition) is 3. The molecule has 104 valence electrons. The van der Waals surface area contributed by atoms with Gasteiger partial charge in [0.2, 0.25) is 0 Å². The number of nitrogens with zero attached hydrogens (tertiary/aromatic N) is 2. The molecule has 0 spiro atoms. The van der Waals surface area contributed by atoms with Crippen molar-refractivity contribution >= 4 is 29.0 Å². The zero-order chi connectivity index (χ0) is 14.8. The highest BCUT2D eigenvalue weighted by Crippen LogP contribution is 2.31. The maximum atomic E-state index is 6.22. The van der Waals surface area contributed by atoms with Crippen LogP contribution in [0.4, 0.5) is 5.82 Å². The predicted molar refractivity (Wildman–Crippen MR) is 87.3 cm³/mol. The van der Waals surface area contributed by atoms with E-state index in [1.54, 1.807) is 24.3 Å². The maximum Gasteiger partial charge on any atom is 0.162 e. The molecule has 0 atom stereocenters. The average Bonchev–Trinajstić information content (AvgIpc) is 2.50. The Hall–Kier alpha value is -2.10. The van der Waals surface area contributed by atoms with Crippen molar-refractivity contribution in [1.82, 2.24) is 9.97 Å². The first-order valence-corrected chi connectivity index (χ1v) is 7.04. The molecule has 1 aromatic heterocycles. The van der Waals surface area contributed by atoms with Crippen molar-refractivity contribution < 1.29 is 0 Å². The predicted octanol–water partition coefficient (Wildman–Crippen LogP) is 4.70. The maximum absolute atomic E-state index is 6.22. The molecular formula is C16H11Cl2N3. The van der Waals surface area contributed by atoms with E-state index < -0.39 is 0 Å². The number of nitrogen functional groups attached to an aromatic ring is 1. The quantitative estimate of drug-likeness (QED) is 0.745. The fourth-order valence-corrected chi connectivity index (χ4v) is 2.40. The average molecular weight is 316 g/mol. The van der Waals surface area contributed by atoms with Crippen LogP contribution < -0.4 is 5.73 Å². The minimum atomic E-state index is 0.384. The van der Waals surface area contributed by atoms with Gasteiger partial charge in [-0.2, -0.15) is 0 Å². The normalized spacial score (nSPS) is 10.6. The van der Waals surface area contributed by atoms with Gasteiger partial charge in [0.25, 0.3) is 0 Å². The molecule has 0 bridgehead atoms. The standard InChI is InChI=1S/C16H11Cl2N3/c17-11-6-7-13(18)12(8-11)14-9-15(19)21-16(20-14)10-4-2-1-3-5-10/h1-9H,(H2,19,20,21). The highest BCUT2D eigenvalue weighted by atomic mass is 35.5. The lowest BCUT2D eigenvalue weighted by molar-refractivity contribution is 1.19. The van der Waals surface area contributed by atoms with Crippen LogP contribution in [-0.4, -0.2) is 9.97 Å². The molecule has 3 nitrogen and oxygen atoms in total. The smallest absolute Gasteiger partial charge is 0.162 e. The highest BCUT2D eigenvalue weighted by molar-refractivity contribution is 6.35. The fraction of sp³-hybridized carbons (Fsp3) is 0. The molecule has 0 aliphatic carbocycles. The second-order valence-corrected chi connectivity index (χ2v) is 5.34. The Kier molecular flexibility index (Phi) is 3.78. The van der Waals surface area contributed by atoms with Gasteiger partial charge in [0.15, 0.2) is 5.82 Å². The first-order valence-electron chi connectivity index (χ1n) is 6.29. The van der Waals surface area contributed by atoms with Gasteiger partial charge in [0, 0.05) is 22.2 Å². The van der Waals surface area contributed by atoms with Crippen molar-refractivity contribution in [2.45, 2.75) is 0 Å². The minimum Gasteiger partial charge on any atom is -0.384 e. The van der Waals surface area contributed by atoms with Gasteiger partial charge < -0.3 is 5.73 Å². The Bertz CT molecular complexity index is 789. The zero-order valence-electron chi connectivity index (χ0n) is 10.9. The summed E-state index contributed by atoms with van der Waals surface area (Å²) < 4.78 is 0. The summed E-state index contributed by atoms with van der Waals surface area (Å²) in [5.41, 5.74) is 8.17. The van der Waals surface area contributed by atoms with E-state index in [2.05, 4.69) is 9.97 Å². The summed E-state index contributed by atoms with van der Waals surface area (Å²) >= 11 is 12.3. The second-order valence-electron chi connectivity index (χ2n) is 4.49. The summed E-state index contributed by atoms with van der Waals surface area (Å²) in [5, 5.41) is 1.16. The van der Waals surface area contributed by atoms with Gasteiger partial charge in [0.1, 0.15) is 5.82 Å². The molecule has 0 unspecified atom stereocenters. The molecular weight excluding hydrogens is 305 g/mol. The molecule has 1 heterocycles. The van der Waals surface area contributed by atoms with E-state index >= 15 is 0 Å². The van der Waals surface area contributed by atoms with E-state index in [9.17, 15) is 0 Å². The number of hydrogen-bond donors (Lipinski definition) is 1. The van der Waals surface area contributed by atoms with Gasteiger partial charge in [-0.3, -0.25) is 0 Å². The van der Waals surface area contributed by atoms with Crippen LogP contribution in [0.15, 0.2) is 54.6 Å². The van der Waals surface area contributed by atoms with Crippen LogP contribution >= 0.6 is 23.2 Å².